The number of rotatable bonds is 3. The quantitative estimate of drug-likeness (QED) is 0.628. The number of hydrogen-bond donors (Lipinski definition) is 1. The highest BCUT2D eigenvalue weighted by Gasteiger charge is 2.35. The minimum Gasteiger partial charge on any atom is -0.484 e. The number of aryl methyl sites for hydroxylation is 2. The van der Waals surface area contributed by atoms with Crippen molar-refractivity contribution in [3.63, 3.8) is 0 Å². The van der Waals surface area contributed by atoms with Gasteiger partial charge in [0.2, 0.25) is 0 Å². The lowest BCUT2D eigenvalue weighted by Gasteiger charge is -2.38. The molecule has 1 aromatic rings. The molecule has 0 unspecified atom stereocenters. The first kappa shape index (κ1) is 14.1. The van der Waals surface area contributed by atoms with Gasteiger partial charge in [-0.05, 0) is 32.3 Å². The van der Waals surface area contributed by atoms with Crippen LogP contribution in [0.25, 0.3) is 0 Å². The molecule has 1 aliphatic carbocycles. The molecule has 0 radical (unpaired) electrons. The van der Waals surface area contributed by atoms with Crippen LogP contribution in [0.4, 0.5) is 0 Å². The van der Waals surface area contributed by atoms with E-state index in [-0.39, 0.29) is 5.41 Å². The number of benzene rings is 1. The second-order valence-electron chi connectivity index (χ2n) is 6.02. The van der Waals surface area contributed by atoms with Crippen LogP contribution in [0.5, 0.6) is 0 Å². The largest absolute Gasteiger partial charge is 0.484 e. The lowest BCUT2D eigenvalue weighted by Crippen LogP contribution is -2.32. The lowest BCUT2D eigenvalue weighted by atomic mass is 9.67. The van der Waals surface area contributed by atoms with E-state index < -0.39 is 0 Å². The Morgan fingerprint density at radius 2 is 1.68 bits per heavy atom. The second-order valence-corrected chi connectivity index (χ2v) is 6.02. The molecular weight excluding hydrogens is 234 g/mol. The Hall–Kier alpha value is -1.31. The summed E-state index contributed by atoms with van der Waals surface area (Å²) in [6.45, 7) is 4.32. The van der Waals surface area contributed by atoms with Crippen LogP contribution in [0.1, 0.15) is 55.2 Å². The van der Waals surface area contributed by atoms with E-state index in [2.05, 4.69) is 32.0 Å². The summed E-state index contributed by atoms with van der Waals surface area (Å²) >= 11 is 0. The van der Waals surface area contributed by atoms with Crippen LogP contribution in [0.3, 0.4) is 0 Å². The maximum Gasteiger partial charge on any atom is 0.180 e. The van der Waals surface area contributed by atoms with Crippen molar-refractivity contribution in [1.29, 1.82) is 5.41 Å². The molecular formula is C17H25NO. The number of hydrogen-bond acceptors (Lipinski definition) is 2. The Labute approximate surface area is 116 Å². The summed E-state index contributed by atoms with van der Waals surface area (Å²) in [6.07, 6.45) is 6.97. The van der Waals surface area contributed by atoms with Crippen molar-refractivity contribution in [2.24, 2.45) is 0 Å². The third-order valence-corrected chi connectivity index (χ3v) is 4.39. The zero-order valence-electron chi connectivity index (χ0n) is 12.4. The highest BCUT2D eigenvalue weighted by molar-refractivity contribution is 5.74. The van der Waals surface area contributed by atoms with Crippen LogP contribution in [-0.2, 0) is 10.2 Å². The smallest absolute Gasteiger partial charge is 0.180 e. The van der Waals surface area contributed by atoms with E-state index in [1.807, 2.05) is 0 Å². The first-order chi connectivity index (χ1) is 9.05. The van der Waals surface area contributed by atoms with Gasteiger partial charge in [-0.2, -0.15) is 0 Å². The van der Waals surface area contributed by atoms with Crippen LogP contribution in [0.2, 0.25) is 0 Å². The van der Waals surface area contributed by atoms with Gasteiger partial charge in [0, 0.05) is 11.8 Å². The highest BCUT2D eigenvalue weighted by atomic mass is 16.5. The van der Waals surface area contributed by atoms with Gasteiger partial charge >= 0.3 is 0 Å². The summed E-state index contributed by atoms with van der Waals surface area (Å²) < 4.78 is 5.14. The summed E-state index contributed by atoms with van der Waals surface area (Å²) in [4.78, 5) is 0. The van der Waals surface area contributed by atoms with E-state index in [1.54, 1.807) is 7.11 Å². The molecule has 1 N–H and O–H groups in total. The third-order valence-electron chi connectivity index (χ3n) is 4.39. The van der Waals surface area contributed by atoms with Gasteiger partial charge in [-0.15, -0.1) is 0 Å². The Kier molecular flexibility index (Phi) is 4.28. The fraction of sp³-hybridized carbons (Fsp3) is 0.588. The molecule has 1 saturated carbocycles. The zero-order chi connectivity index (χ0) is 13.9. The monoisotopic (exact) mass is 259 g/mol. The summed E-state index contributed by atoms with van der Waals surface area (Å²) in [5.74, 6) is 0.418. The average molecular weight is 259 g/mol. The maximum atomic E-state index is 7.93. The van der Waals surface area contributed by atoms with Crippen LogP contribution < -0.4 is 0 Å². The SMILES string of the molecule is COC(=N)CC1(c2cc(C)cc(C)c2)CCCCC1. The predicted molar refractivity (Wildman–Crippen MR) is 80.0 cm³/mol. The average Bonchev–Trinajstić information content (AvgIpc) is 2.38. The van der Waals surface area contributed by atoms with Gasteiger partial charge in [-0.3, -0.25) is 5.41 Å². The first-order valence-electron chi connectivity index (χ1n) is 7.26. The molecule has 104 valence electrons. The molecule has 2 heteroatoms. The molecule has 2 nitrogen and oxygen atoms in total. The summed E-state index contributed by atoms with van der Waals surface area (Å²) in [7, 11) is 1.61. The van der Waals surface area contributed by atoms with E-state index in [0.29, 0.717) is 5.90 Å². The van der Waals surface area contributed by atoms with E-state index in [4.69, 9.17) is 10.1 Å². The molecule has 1 fully saturated rings. The summed E-state index contributed by atoms with van der Waals surface area (Å²) in [5.41, 5.74) is 4.18. The molecule has 19 heavy (non-hydrogen) atoms. The fourth-order valence-corrected chi connectivity index (χ4v) is 3.46. The molecule has 0 atom stereocenters. The van der Waals surface area contributed by atoms with Crippen LogP contribution in [0.15, 0.2) is 18.2 Å². The van der Waals surface area contributed by atoms with E-state index in [9.17, 15) is 0 Å². The van der Waals surface area contributed by atoms with Crippen molar-refractivity contribution in [1.82, 2.24) is 0 Å². The maximum absolute atomic E-state index is 7.93. The van der Waals surface area contributed by atoms with Gasteiger partial charge in [0.05, 0.1) is 7.11 Å². The fourth-order valence-electron chi connectivity index (χ4n) is 3.46. The van der Waals surface area contributed by atoms with E-state index in [1.165, 1.54) is 48.8 Å². The Bertz CT molecular complexity index is 438. The number of ether oxygens (including phenoxy) is 1. The first-order valence-corrected chi connectivity index (χ1v) is 7.26. The van der Waals surface area contributed by atoms with Crippen molar-refractivity contribution < 1.29 is 4.74 Å². The molecule has 0 saturated heterocycles. The van der Waals surface area contributed by atoms with Crippen molar-refractivity contribution >= 4 is 5.90 Å². The zero-order valence-corrected chi connectivity index (χ0v) is 12.4. The molecule has 0 bridgehead atoms. The third kappa shape index (κ3) is 3.17. The van der Waals surface area contributed by atoms with Gasteiger partial charge in [-0.25, -0.2) is 0 Å². The second kappa shape index (κ2) is 5.77. The van der Waals surface area contributed by atoms with Gasteiger partial charge < -0.3 is 4.74 Å². The van der Waals surface area contributed by atoms with E-state index >= 15 is 0 Å². The van der Waals surface area contributed by atoms with E-state index in [0.717, 1.165) is 6.42 Å². The minimum atomic E-state index is 0.127. The van der Waals surface area contributed by atoms with Crippen molar-refractivity contribution in [2.75, 3.05) is 7.11 Å². The highest BCUT2D eigenvalue weighted by Crippen LogP contribution is 2.43. The molecule has 1 aliphatic rings. The van der Waals surface area contributed by atoms with Gasteiger partial charge in [-0.1, -0.05) is 48.6 Å². The molecule has 0 aromatic heterocycles. The minimum absolute atomic E-state index is 0.127. The Morgan fingerprint density at radius 3 is 2.21 bits per heavy atom. The van der Waals surface area contributed by atoms with Gasteiger partial charge in [0.25, 0.3) is 0 Å². The number of methoxy groups -OCH3 is 1. The van der Waals surface area contributed by atoms with Crippen molar-refractivity contribution in [2.45, 2.75) is 57.8 Å². The van der Waals surface area contributed by atoms with Crippen LogP contribution in [0, 0.1) is 19.3 Å². The van der Waals surface area contributed by atoms with Gasteiger partial charge in [0.1, 0.15) is 0 Å². The summed E-state index contributed by atoms with van der Waals surface area (Å²) in [6, 6.07) is 6.84. The molecule has 2 rings (SSSR count). The standard InChI is InChI=1S/C17H25NO/c1-13-9-14(2)11-15(10-13)17(12-16(18)19-3)7-5-4-6-8-17/h9-11,18H,4-8,12H2,1-3H3. The number of nitrogens with one attached hydrogen (secondary N) is 1. The molecule has 1 aromatic carbocycles. The molecule has 0 aliphatic heterocycles. The van der Waals surface area contributed by atoms with Crippen LogP contribution in [-0.4, -0.2) is 13.0 Å². The van der Waals surface area contributed by atoms with Crippen molar-refractivity contribution in [3.05, 3.63) is 34.9 Å². The van der Waals surface area contributed by atoms with Gasteiger partial charge in [0.15, 0.2) is 5.90 Å². The molecule has 0 heterocycles. The molecule has 0 spiro atoms. The lowest BCUT2D eigenvalue weighted by molar-refractivity contribution is 0.276. The Balaban J connectivity index is 2.38. The van der Waals surface area contributed by atoms with Crippen molar-refractivity contribution in [3.8, 4) is 0 Å². The van der Waals surface area contributed by atoms with Crippen LogP contribution >= 0.6 is 0 Å². The molecule has 0 amide bonds. The Morgan fingerprint density at radius 1 is 1.11 bits per heavy atom. The normalized spacial score (nSPS) is 18.1. The predicted octanol–water partition coefficient (Wildman–Crippen LogP) is 4.52. The topological polar surface area (TPSA) is 33.1 Å². The summed E-state index contributed by atoms with van der Waals surface area (Å²) in [5, 5.41) is 7.93.